The van der Waals surface area contributed by atoms with Crippen LogP contribution in [0.2, 0.25) is 0 Å². The molecule has 0 spiro atoms. The Bertz CT molecular complexity index is 990. The lowest BCUT2D eigenvalue weighted by Crippen LogP contribution is -2.76. The lowest BCUT2D eigenvalue weighted by molar-refractivity contribution is -0.155. The third-order valence-electron chi connectivity index (χ3n) is 5.09. The fourth-order valence-electron chi connectivity index (χ4n) is 3.58. The summed E-state index contributed by atoms with van der Waals surface area (Å²) in [4.78, 5) is 38.4. The van der Waals surface area contributed by atoms with Gasteiger partial charge in [0.25, 0.3) is 11.8 Å². The molecule has 2 heterocycles. The van der Waals surface area contributed by atoms with Crippen LogP contribution in [-0.2, 0) is 32.1 Å². The minimum Gasteiger partial charge on any atom is -0.479 e. The zero-order valence-electron chi connectivity index (χ0n) is 16.1. The lowest BCUT2D eigenvalue weighted by atomic mass is 9.91. The summed E-state index contributed by atoms with van der Waals surface area (Å²) in [6.07, 6.45) is 0.151. The Morgan fingerprint density at radius 1 is 1.07 bits per heavy atom. The van der Waals surface area contributed by atoms with E-state index in [1.165, 1.54) is 4.90 Å². The monoisotopic (exact) mass is 407 g/mol. The average Bonchev–Trinajstić information content (AvgIpc) is 2.77. The molecule has 2 atom stereocenters. The molecule has 30 heavy (non-hydrogen) atoms. The second-order valence-electron chi connectivity index (χ2n) is 7.12. The Hall–Kier alpha value is -3.81. The van der Waals surface area contributed by atoms with Gasteiger partial charge < -0.3 is 20.5 Å². The maximum atomic E-state index is 12.6. The second kappa shape index (κ2) is 8.28. The number of ether oxygens (including phenoxy) is 1. The van der Waals surface area contributed by atoms with Crippen LogP contribution in [0.4, 0.5) is 0 Å². The summed E-state index contributed by atoms with van der Waals surface area (Å²) in [5.41, 5.74) is 1.40. The summed E-state index contributed by atoms with van der Waals surface area (Å²) in [5, 5.41) is 15.7. The predicted molar refractivity (Wildman–Crippen MR) is 107 cm³/mol. The van der Waals surface area contributed by atoms with E-state index in [0.717, 1.165) is 11.1 Å². The maximum absolute atomic E-state index is 12.6. The molecule has 2 fully saturated rings. The molecule has 0 saturated carbocycles. The number of amides is 3. The van der Waals surface area contributed by atoms with Crippen molar-refractivity contribution >= 4 is 17.7 Å². The van der Waals surface area contributed by atoms with Gasteiger partial charge in [0.15, 0.2) is 5.70 Å². The normalized spacial score (nSPS) is 21.8. The molecule has 8 nitrogen and oxygen atoms in total. The summed E-state index contributed by atoms with van der Waals surface area (Å²) in [5.74, 6) is -1.96. The van der Waals surface area contributed by atoms with Gasteiger partial charge in [0.05, 0.1) is 12.5 Å². The number of benzene rings is 2. The van der Waals surface area contributed by atoms with E-state index in [4.69, 9.17) is 4.74 Å². The highest BCUT2D eigenvalue weighted by Gasteiger charge is 2.54. The molecule has 3 amide bonds. The standard InChI is InChI=1S/C22H21N3O5/c26-17(11-14-7-3-1-4-8-14)24-18-16-12-23-20(27)19(25(16)21(18)28)22(29)30-13-15-9-5-2-6-10-15/h1-10,16,18,29H,11-13H2,(H,23,27)(H,24,26)/t16-,18?/m1/s1. The molecule has 2 aliphatic heterocycles. The number of carbonyl (C=O) groups excluding carboxylic acids is 3. The van der Waals surface area contributed by atoms with Crippen LogP contribution < -0.4 is 10.6 Å². The molecule has 0 aromatic heterocycles. The zero-order valence-corrected chi connectivity index (χ0v) is 16.1. The van der Waals surface area contributed by atoms with Crippen LogP contribution in [0.5, 0.6) is 0 Å². The molecule has 0 radical (unpaired) electrons. The maximum Gasteiger partial charge on any atom is 0.307 e. The molecule has 2 aromatic carbocycles. The number of piperazine rings is 1. The largest absolute Gasteiger partial charge is 0.479 e. The summed E-state index contributed by atoms with van der Waals surface area (Å²) in [6.45, 7) is 0.226. The number of hydrogen-bond donors (Lipinski definition) is 3. The lowest BCUT2D eigenvalue weighted by Gasteiger charge is -2.49. The predicted octanol–water partition coefficient (Wildman–Crippen LogP) is 0.998. The van der Waals surface area contributed by atoms with Crippen molar-refractivity contribution in [1.82, 2.24) is 15.5 Å². The number of carbonyl (C=O) groups is 3. The van der Waals surface area contributed by atoms with Crippen molar-refractivity contribution < 1.29 is 24.2 Å². The first-order chi connectivity index (χ1) is 14.5. The molecular weight excluding hydrogens is 386 g/mol. The number of nitrogens with one attached hydrogen (secondary N) is 2. The van der Waals surface area contributed by atoms with Crippen LogP contribution in [-0.4, -0.2) is 46.4 Å². The molecule has 3 N–H and O–H groups in total. The number of β-lactam (4-membered cyclic amide) rings is 1. The van der Waals surface area contributed by atoms with Crippen molar-refractivity contribution in [1.29, 1.82) is 0 Å². The summed E-state index contributed by atoms with van der Waals surface area (Å²) < 4.78 is 5.33. The summed E-state index contributed by atoms with van der Waals surface area (Å²) in [6, 6.07) is 17.1. The molecular formula is C22H21N3O5. The van der Waals surface area contributed by atoms with Gasteiger partial charge in [0.2, 0.25) is 5.91 Å². The summed E-state index contributed by atoms with van der Waals surface area (Å²) >= 11 is 0. The van der Waals surface area contributed by atoms with Crippen molar-refractivity contribution in [3.63, 3.8) is 0 Å². The molecule has 4 rings (SSSR count). The fourth-order valence-corrected chi connectivity index (χ4v) is 3.58. The molecule has 1 unspecified atom stereocenters. The number of aliphatic hydroxyl groups excluding tert-OH is 1. The quantitative estimate of drug-likeness (QED) is 0.376. The van der Waals surface area contributed by atoms with Crippen LogP contribution in [0.1, 0.15) is 11.1 Å². The van der Waals surface area contributed by atoms with Gasteiger partial charge in [0.1, 0.15) is 12.6 Å². The minimum absolute atomic E-state index is 0.0490. The highest BCUT2D eigenvalue weighted by Crippen LogP contribution is 2.30. The molecule has 2 aromatic rings. The van der Waals surface area contributed by atoms with Gasteiger partial charge in [-0.15, -0.1) is 0 Å². The number of rotatable bonds is 6. The van der Waals surface area contributed by atoms with E-state index in [-0.39, 0.29) is 31.2 Å². The number of hydrogen-bond acceptors (Lipinski definition) is 5. The summed E-state index contributed by atoms with van der Waals surface area (Å²) in [7, 11) is 0. The highest BCUT2D eigenvalue weighted by molar-refractivity contribution is 6.05. The molecule has 154 valence electrons. The van der Waals surface area contributed by atoms with Crippen molar-refractivity contribution in [2.45, 2.75) is 25.1 Å². The van der Waals surface area contributed by atoms with E-state index in [1.807, 2.05) is 60.7 Å². The number of nitrogens with zero attached hydrogens (tertiary/aromatic N) is 1. The molecule has 2 saturated heterocycles. The van der Waals surface area contributed by atoms with Gasteiger partial charge in [-0.05, 0) is 11.1 Å². The van der Waals surface area contributed by atoms with E-state index in [2.05, 4.69) is 10.6 Å². The van der Waals surface area contributed by atoms with Gasteiger partial charge in [-0.1, -0.05) is 60.7 Å². The van der Waals surface area contributed by atoms with E-state index in [1.54, 1.807) is 0 Å². The van der Waals surface area contributed by atoms with Crippen molar-refractivity contribution in [2.24, 2.45) is 0 Å². The van der Waals surface area contributed by atoms with E-state index >= 15 is 0 Å². The Morgan fingerprint density at radius 3 is 2.37 bits per heavy atom. The van der Waals surface area contributed by atoms with E-state index in [9.17, 15) is 19.5 Å². The Kier molecular flexibility index (Phi) is 5.38. The first-order valence-corrected chi connectivity index (χ1v) is 9.59. The Labute approximate surface area is 173 Å². The topological polar surface area (TPSA) is 108 Å². The van der Waals surface area contributed by atoms with Gasteiger partial charge >= 0.3 is 5.95 Å². The van der Waals surface area contributed by atoms with Crippen LogP contribution in [0, 0.1) is 0 Å². The van der Waals surface area contributed by atoms with Crippen molar-refractivity contribution in [3.8, 4) is 0 Å². The average molecular weight is 407 g/mol. The first-order valence-electron chi connectivity index (χ1n) is 9.59. The fraction of sp³-hybridized carbons (Fsp3) is 0.227. The third kappa shape index (κ3) is 3.84. The smallest absolute Gasteiger partial charge is 0.307 e. The van der Waals surface area contributed by atoms with Crippen LogP contribution >= 0.6 is 0 Å². The van der Waals surface area contributed by atoms with Crippen LogP contribution in [0.15, 0.2) is 72.3 Å². The van der Waals surface area contributed by atoms with Crippen molar-refractivity contribution in [2.75, 3.05) is 6.54 Å². The van der Waals surface area contributed by atoms with Crippen LogP contribution in [0.25, 0.3) is 0 Å². The molecule has 8 heteroatoms. The number of aliphatic hydroxyl groups is 1. The minimum atomic E-state index is -0.765. The zero-order chi connectivity index (χ0) is 21.1. The van der Waals surface area contributed by atoms with E-state index < -0.39 is 29.8 Å². The van der Waals surface area contributed by atoms with Gasteiger partial charge in [-0.25, -0.2) is 0 Å². The Balaban J connectivity index is 1.42. The van der Waals surface area contributed by atoms with E-state index in [0.29, 0.717) is 0 Å². The van der Waals surface area contributed by atoms with Crippen molar-refractivity contribution in [3.05, 3.63) is 83.4 Å². The van der Waals surface area contributed by atoms with Gasteiger partial charge in [-0.3, -0.25) is 19.3 Å². The van der Waals surface area contributed by atoms with Gasteiger partial charge in [0, 0.05) is 6.54 Å². The SMILES string of the molecule is O=C(Cc1ccccc1)NC1C(=O)N2C(=C(O)OCc3ccccc3)C(=O)NC[C@H]12. The second-order valence-corrected chi connectivity index (χ2v) is 7.12. The van der Waals surface area contributed by atoms with Crippen LogP contribution in [0.3, 0.4) is 0 Å². The molecule has 0 aliphatic carbocycles. The molecule has 2 aliphatic rings. The highest BCUT2D eigenvalue weighted by atomic mass is 16.6. The molecule has 0 bridgehead atoms. The Morgan fingerprint density at radius 2 is 1.70 bits per heavy atom. The third-order valence-corrected chi connectivity index (χ3v) is 5.09. The number of fused-ring (bicyclic) bond motifs is 1. The van der Waals surface area contributed by atoms with Gasteiger partial charge in [-0.2, -0.15) is 0 Å². The first kappa shape index (κ1) is 19.5.